The number of urea groups is 1. The number of hydrogen-bond donors (Lipinski definition) is 3. The SMILES string of the molecule is COC(C)NC(=NCCc1ccccn1)NC(N)=O. The minimum absolute atomic E-state index is 0.277. The van der Waals surface area contributed by atoms with Crippen molar-refractivity contribution in [3.63, 3.8) is 0 Å². The molecule has 0 aliphatic heterocycles. The summed E-state index contributed by atoms with van der Waals surface area (Å²) in [4.78, 5) is 19.3. The van der Waals surface area contributed by atoms with Gasteiger partial charge in [-0.25, -0.2) is 4.79 Å². The molecule has 0 saturated carbocycles. The molecular formula is C12H19N5O2. The Balaban J connectivity index is 2.53. The third-order valence-electron chi connectivity index (χ3n) is 2.30. The highest BCUT2D eigenvalue weighted by molar-refractivity contribution is 5.95. The van der Waals surface area contributed by atoms with Crippen LogP contribution in [0.25, 0.3) is 0 Å². The second-order valence-electron chi connectivity index (χ2n) is 3.81. The summed E-state index contributed by atoms with van der Waals surface area (Å²) >= 11 is 0. The lowest BCUT2D eigenvalue weighted by atomic mass is 10.3. The van der Waals surface area contributed by atoms with Crippen LogP contribution in [0.4, 0.5) is 4.79 Å². The monoisotopic (exact) mass is 265 g/mol. The van der Waals surface area contributed by atoms with Gasteiger partial charge in [-0.2, -0.15) is 0 Å². The van der Waals surface area contributed by atoms with Gasteiger partial charge in [0.1, 0.15) is 6.23 Å². The van der Waals surface area contributed by atoms with Gasteiger partial charge in [0, 0.05) is 32.0 Å². The second-order valence-corrected chi connectivity index (χ2v) is 3.81. The number of guanidine groups is 1. The average molecular weight is 265 g/mol. The first-order valence-electron chi connectivity index (χ1n) is 5.92. The Morgan fingerprint density at radius 1 is 1.58 bits per heavy atom. The highest BCUT2D eigenvalue weighted by Crippen LogP contribution is 1.94. The zero-order chi connectivity index (χ0) is 14.1. The van der Waals surface area contributed by atoms with Crippen LogP contribution in [-0.2, 0) is 11.2 Å². The third-order valence-corrected chi connectivity index (χ3v) is 2.30. The molecule has 19 heavy (non-hydrogen) atoms. The Morgan fingerprint density at radius 3 is 2.95 bits per heavy atom. The van der Waals surface area contributed by atoms with Gasteiger partial charge in [0.15, 0.2) is 0 Å². The van der Waals surface area contributed by atoms with E-state index < -0.39 is 6.03 Å². The number of nitrogens with one attached hydrogen (secondary N) is 2. The van der Waals surface area contributed by atoms with Gasteiger partial charge in [-0.1, -0.05) is 6.07 Å². The van der Waals surface area contributed by atoms with Crippen molar-refractivity contribution < 1.29 is 9.53 Å². The molecule has 1 unspecified atom stereocenters. The normalized spacial score (nSPS) is 12.8. The van der Waals surface area contributed by atoms with E-state index >= 15 is 0 Å². The summed E-state index contributed by atoms with van der Waals surface area (Å²) in [6, 6.07) is 5.02. The van der Waals surface area contributed by atoms with Crippen molar-refractivity contribution >= 4 is 12.0 Å². The first-order valence-corrected chi connectivity index (χ1v) is 5.92. The number of primary amides is 1. The van der Waals surface area contributed by atoms with Gasteiger partial charge in [-0.05, 0) is 19.1 Å². The maximum absolute atomic E-state index is 10.8. The van der Waals surface area contributed by atoms with Crippen molar-refractivity contribution in [2.45, 2.75) is 19.6 Å². The highest BCUT2D eigenvalue weighted by Gasteiger charge is 2.05. The molecule has 0 bridgehead atoms. The minimum atomic E-state index is -0.674. The van der Waals surface area contributed by atoms with E-state index in [9.17, 15) is 4.79 Å². The maximum atomic E-state index is 10.8. The fourth-order valence-electron chi connectivity index (χ4n) is 1.32. The number of carbonyl (C=O) groups is 1. The fraction of sp³-hybridized carbons (Fsp3) is 0.417. The summed E-state index contributed by atoms with van der Waals surface area (Å²) < 4.78 is 5.03. The molecule has 1 heterocycles. The van der Waals surface area contributed by atoms with E-state index in [-0.39, 0.29) is 12.2 Å². The van der Waals surface area contributed by atoms with Gasteiger partial charge < -0.3 is 15.8 Å². The van der Waals surface area contributed by atoms with Crippen LogP contribution in [0.1, 0.15) is 12.6 Å². The van der Waals surface area contributed by atoms with E-state index in [4.69, 9.17) is 10.5 Å². The van der Waals surface area contributed by atoms with Crippen molar-refractivity contribution in [1.82, 2.24) is 15.6 Å². The predicted octanol–water partition coefficient (Wildman–Crippen LogP) is 0.230. The number of ether oxygens (including phenoxy) is 1. The van der Waals surface area contributed by atoms with Crippen LogP contribution in [0.2, 0.25) is 0 Å². The number of hydrogen-bond acceptors (Lipinski definition) is 4. The van der Waals surface area contributed by atoms with Crippen LogP contribution >= 0.6 is 0 Å². The van der Waals surface area contributed by atoms with Crippen LogP contribution in [0.15, 0.2) is 29.4 Å². The van der Waals surface area contributed by atoms with Crippen LogP contribution in [0, 0.1) is 0 Å². The summed E-state index contributed by atoms with van der Waals surface area (Å²) in [5.41, 5.74) is 6.00. The molecule has 1 rings (SSSR count). The fourth-order valence-corrected chi connectivity index (χ4v) is 1.32. The Kier molecular flexibility index (Phi) is 6.31. The Labute approximate surface area is 112 Å². The molecular weight excluding hydrogens is 246 g/mol. The number of pyridine rings is 1. The molecule has 4 N–H and O–H groups in total. The molecule has 2 amide bonds. The van der Waals surface area contributed by atoms with Gasteiger partial charge in [0.25, 0.3) is 0 Å². The molecule has 0 aliphatic carbocycles. The number of nitrogens with two attached hydrogens (primary N) is 1. The predicted molar refractivity (Wildman–Crippen MR) is 72.6 cm³/mol. The summed E-state index contributed by atoms with van der Waals surface area (Å²) in [5, 5.41) is 5.29. The minimum Gasteiger partial charge on any atom is -0.362 e. The lowest BCUT2D eigenvalue weighted by molar-refractivity contribution is 0.106. The van der Waals surface area contributed by atoms with Gasteiger partial charge in [-0.15, -0.1) is 0 Å². The van der Waals surface area contributed by atoms with Crippen molar-refractivity contribution in [3.8, 4) is 0 Å². The van der Waals surface area contributed by atoms with Crippen molar-refractivity contribution in [3.05, 3.63) is 30.1 Å². The van der Waals surface area contributed by atoms with Crippen LogP contribution in [0.5, 0.6) is 0 Å². The standard InChI is InChI=1S/C12H19N5O2/c1-9(19-2)16-12(17-11(13)18)15-8-6-10-5-3-4-7-14-10/h3-5,7,9H,6,8H2,1-2H3,(H4,13,15,16,17,18). The topological polar surface area (TPSA) is 102 Å². The van der Waals surface area contributed by atoms with E-state index in [1.807, 2.05) is 18.2 Å². The third kappa shape index (κ3) is 6.37. The quantitative estimate of drug-likeness (QED) is 0.403. The molecule has 1 atom stereocenters. The first-order chi connectivity index (χ1) is 9.11. The largest absolute Gasteiger partial charge is 0.362 e. The van der Waals surface area contributed by atoms with Gasteiger partial charge in [0.2, 0.25) is 5.96 Å². The number of methoxy groups -OCH3 is 1. The van der Waals surface area contributed by atoms with Crippen LogP contribution in [0.3, 0.4) is 0 Å². The maximum Gasteiger partial charge on any atom is 0.318 e. The highest BCUT2D eigenvalue weighted by atomic mass is 16.5. The number of nitrogens with zero attached hydrogens (tertiary/aromatic N) is 2. The Morgan fingerprint density at radius 2 is 2.37 bits per heavy atom. The zero-order valence-electron chi connectivity index (χ0n) is 11.1. The molecule has 7 heteroatoms. The van der Waals surface area contributed by atoms with Crippen molar-refractivity contribution in [1.29, 1.82) is 0 Å². The molecule has 0 spiro atoms. The number of aromatic nitrogens is 1. The summed E-state index contributed by atoms with van der Waals surface area (Å²) in [6.07, 6.45) is 2.13. The second kappa shape index (κ2) is 8.04. The summed E-state index contributed by atoms with van der Waals surface area (Å²) in [5.74, 6) is 0.290. The molecule has 0 saturated heterocycles. The van der Waals surface area contributed by atoms with Gasteiger partial charge in [0.05, 0.1) is 0 Å². The van der Waals surface area contributed by atoms with E-state index in [0.29, 0.717) is 13.0 Å². The number of rotatable bonds is 5. The van der Waals surface area contributed by atoms with E-state index in [1.54, 1.807) is 20.2 Å². The molecule has 0 fully saturated rings. The van der Waals surface area contributed by atoms with E-state index in [2.05, 4.69) is 20.6 Å². The van der Waals surface area contributed by atoms with Crippen molar-refractivity contribution in [2.24, 2.45) is 10.7 Å². The molecule has 0 aromatic carbocycles. The van der Waals surface area contributed by atoms with Gasteiger partial charge in [-0.3, -0.25) is 15.3 Å². The number of aliphatic imine (C=N–C) groups is 1. The van der Waals surface area contributed by atoms with Crippen LogP contribution < -0.4 is 16.4 Å². The van der Waals surface area contributed by atoms with Gasteiger partial charge >= 0.3 is 6.03 Å². The van der Waals surface area contributed by atoms with Crippen LogP contribution in [-0.4, -0.2) is 36.9 Å². The van der Waals surface area contributed by atoms with E-state index in [1.165, 1.54) is 0 Å². The zero-order valence-corrected chi connectivity index (χ0v) is 11.1. The van der Waals surface area contributed by atoms with E-state index in [0.717, 1.165) is 5.69 Å². The van der Waals surface area contributed by atoms with Crippen molar-refractivity contribution in [2.75, 3.05) is 13.7 Å². The number of carbonyl (C=O) groups excluding carboxylic acids is 1. The molecule has 1 aromatic rings. The Hall–Kier alpha value is -2.15. The molecule has 104 valence electrons. The average Bonchev–Trinajstić information content (AvgIpc) is 2.39. The lowest BCUT2D eigenvalue weighted by Gasteiger charge is -2.15. The number of amides is 2. The summed E-state index contributed by atoms with van der Waals surface area (Å²) in [6.45, 7) is 2.27. The Bertz CT molecular complexity index is 421. The first kappa shape index (κ1) is 14.9. The molecule has 7 nitrogen and oxygen atoms in total. The molecule has 0 aliphatic rings. The lowest BCUT2D eigenvalue weighted by Crippen LogP contribution is -2.47. The summed E-state index contributed by atoms with van der Waals surface area (Å²) in [7, 11) is 1.55. The smallest absolute Gasteiger partial charge is 0.318 e. The molecule has 0 radical (unpaired) electrons. The molecule has 1 aromatic heterocycles.